The van der Waals surface area contributed by atoms with Crippen LogP contribution >= 0.6 is 0 Å². The van der Waals surface area contributed by atoms with Crippen LogP contribution in [0.25, 0.3) is 21.9 Å². The molecule has 0 spiro atoms. The molecule has 0 N–H and O–H groups in total. The van der Waals surface area contributed by atoms with Gasteiger partial charge in [-0.15, -0.1) is 0 Å². The minimum Gasteiger partial charge on any atom is -0.496 e. The van der Waals surface area contributed by atoms with Crippen molar-refractivity contribution < 1.29 is 14.3 Å². The number of esters is 1. The van der Waals surface area contributed by atoms with E-state index in [2.05, 4.69) is 87.2 Å². The van der Waals surface area contributed by atoms with Crippen LogP contribution in [-0.2, 0) is 22.5 Å². The summed E-state index contributed by atoms with van der Waals surface area (Å²) in [6, 6.07) is 23.6. The number of benzene rings is 3. The molecule has 0 saturated heterocycles. The largest absolute Gasteiger partial charge is 0.496 e. The van der Waals surface area contributed by atoms with Crippen LogP contribution in [0.5, 0.6) is 5.75 Å². The normalized spacial score (nSPS) is 11.4. The Kier molecular flexibility index (Phi) is 8.90. The van der Waals surface area contributed by atoms with Gasteiger partial charge in [-0.05, 0) is 76.6 Å². The van der Waals surface area contributed by atoms with Gasteiger partial charge in [0.1, 0.15) is 11.6 Å². The zero-order chi connectivity index (χ0) is 28.0. The molecular weight excluding hydrogens is 484 g/mol. The van der Waals surface area contributed by atoms with Gasteiger partial charge in [0.2, 0.25) is 0 Å². The molecule has 0 unspecified atom stereocenters. The molecule has 4 aromatic rings. The Labute approximate surface area is 232 Å². The molecular formula is C34H40N2O3. The highest BCUT2D eigenvalue weighted by atomic mass is 16.5. The summed E-state index contributed by atoms with van der Waals surface area (Å²) in [4.78, 5) is 18.9. The van der Waals surface area contributed by atoms with Crippen LogP contribution in [0.4, 0.5) is 5.82 Å². The molecule has 0 radical (unpaired) electrons. The molecule has 0 fully saturated rings. The zero-order valence-corrected chi connectivity index (χ0v) is 24.1. The lowest BCUT2D eigenvalue weighted by Gasteiger charge is -2.29. The minimum absolute atomic E-state index is 0.188. The molecule has 1 aromatic heterocycles. The van der Waals surface area contributed by atoms with Crippen LogP contribution in [0.1, 0.15) is 50.3 Å². The van der Waals surface area contributed by atoms with E-state index in [-0.39, 0.29) is 11.4 Å². The Morgan fingerprint density at radius 3 is 2.28 bits per heavy atom. The highest BCUT2D eigenvalue weighted by Gasteiger charge is 2.18. The first-order chi connectivity index (χ1) is 18.7. The number of rotatable bonds is 10. The highest BCUT2D eigenvalue weighted by Crippen LogP contribution is 2.30. The molecule has 5 heteroatoms. The summed E-state index contributed by atoms with van der Waals surface area (Å²) in [6.45, 7) is 10.6. The maximum absolute atomic E-state index is 11.6. The van der Waals surface area contributed by atoms with Crippen molar-refractivity contribution in [3.8, 4) is 16.9 Å². The second-order valence-electron chi connectivity index (χ2n) is 11.4. The molecule has 0 aliphatic heterocycles. The fourth-order valence-electron chi connectivity index (χ4n) is 4.78. The Morgan fingerprint density at radius 2 is 1.62 bits per heavy atom. The van der Waals surface area contributed by atoms with Crippen molar-refractivity contribution in [2.75, 3.05) is 25.7 Å². The summed E-state index contributed by atoms with van der Waals surface area (Å²) in [7, 11) is 3.14. The maximum Gasteiger partial charge on any atom is 0.305 e. The standard InChI is InChI=1S/C34H40N2O3/c1-24-21-28(13-15-31(24)38-5)27-11-7-26(8-12-27)23-36(20-18-34(2,3)4)33-30-14-9-25(10-16-32(37)39-6)22-29(30)17-19-35-33/h7-9,11-15,17,19,21-22H,10,16,18,20,23H2,1-6H3. The van der Waals surface area contributed by atoms with Gasteiger partial charge in [0.25, 0.3) is 0 Å². The first-order valence-electron chi connectivity index (χ1n) is 13.6. The summed E-state index contributed by atoms with van der Waals surface area (Å²) in [5.74, 6) is 1.71. The van der Waals surface area contributed by atoms with Gasteiger partial charge in [0, 0.05) is 31.1 Å². The lowest BCUT2D eigenvalue weighted by Crippen LogP contribution is -2.28. The average molecular weight is 525 g/mol. The molecule has 0 aliphatic rings. The number of carbonyl (C=O) groups excluding carboxylic acids is 1. The molecule has 4 rings (SSSR count). The van der Waals surface area contributed by atoms with Crippen LogP contribution in [0.15, 0.2) is 72.9 Å². The molecule has 0 saturated carbocycles. The Bertz CT molecular complexity index is 1420. The molecule has 39 heavy (non-hydrogen) atoms. The van der Waals surface area contributed by atoms with Gasteiger partial charge in [0.05, 0.1) is 14.2 Å². The Morgan fingerprint density at radius 1 is 0.897 bits per heavy atom. The lowest BCUT2D eigenvalue weighted by atomic mass is 9.92. The first kappa shape index (κ1) is 28.2. The summed E-state index contributed by atoms with van der Waals surface area (Å²) in [5, 5.41) is 2.26. The molecule has 3 aromatic carbocycles. The van der Waals surface area contributed by atoms with Crippen molar-refractivity contribution in [3.05, 3.63) is 89.6 Å². The lowest BCUT2D eigenvalue weighted by molar-refractivity contribution is -0.140. The van der Waals surface area contributed by atoms with Crippen LogP contribution in [0.2, 0.25) is 0 Å². The quantitative estimate of drug-likeness (QED) is 0.198. The highest BCUT2D eigenvalue weighted by molar-refractivity contribution is 5.92. The van der Waals surface area contributed by atoms with Crippen LogP contribution in [0, 0.1) is 12.3 Å². The number of carbonyl (C=O) groups is 1. The van der Waals surface area contributed by atoms with Crippen LogP contribution in [-0.4, -0.2) is 31.7 Å². The summed E-state index contributed by atoms with van der Waals surface area (Å²) < 4.78 is 10.2. The summed E-state index contributed by atoms with van der Waals surface area (Å²) >= 11 is 0. The molecule has 0 amide bonds. The van der Waals surface area contributed by atoms with Gasteiger partial charge in [-0.2, -0.15) is 0 Å². The van der Waals surface area contributed by atoms with Gasteiger partial charge in [0.15, 0.2) is 0 Å². The number of aryl methyl sites for hydroxylation is 2. The molecule has 204 valence electrons. The Hall–Kier alpha value is -3.86. The maximum atomic E-state index is 11.6. The third kappa shape index (κ3) is 7.38. The predicted octanol–water partition coefficient (Wildman–Crippen LogP) is 7.77. The second-order valence-corrected chi connectivity index (χ2v) is 11.4. The van der Waals surface area contributed by atoms with Crippen molar-refractivity contribution in [2.45, 2.75) is 53.5 Å². The number of nitrogens with zero attached hydrogens (tertiary/aromatic N) is 2. The van der Waals surface area contributed by atoms with Gasteiger partial charge >= 0.3 is 5.97 Å². The minimum atomic E-state index is -0.188. The van der Waals surface area contributed by atoms with Crippen molar-refractivity contribution in [1.82, 2.24) is 4.98 Å². The fourth-order valence-corrected chi connectivity index (χ4v) is 4.78. The topological polar surface area (TPSA) is 51.7 Å². The number of methoxy groups -OCH3 is 2. The van der Waals surface area contributed by atoms with E-state index in [0.29, 0.717) is 12.8 Å². The van der Waals surface area contributed by atoms with Crippen LogP contribution in [0.3, 0.4) is 0 Å². The second kappa shape index (κ2) is 12.3. The third-order valence-corrected chi connectivity index (χ3v) is 7.14. The van der Waals surface area contributed by atoms with Gasteiger partial charge in [-0.1, -0.05) is 69.3 Å². The average Bonchev–Trinajstić information content (AvgIpc) is 2.93. The van der Waals surface area contributed by atoms with Crippen molar-refractivity contribution >= 4 is 22.6 Å². The van der Waals surface area contributed by atoms with Crippen molar-refractivity contribution in [2.24, 2.45) is 5.41 Å². The van der Waals surface area contributed by atoms with Crippen LogP contribution < -0.4 is 9.64 Å². The number of fused-ring (bicyclic) bond motifs is 1. The monoisotopic (exact) mass is 524 g/mol. The predicted molar refractivity (Wildman–Crippen MR) is 160 cm³/mol. The third-order valence-electron chi connectivity index (χ3n) is 7.14. The summed E-state index contributed by atoms with van der Waals surface area (Å²) in [6.07, 6.45) is 3.98. The van der Waals surface area contributed by atoms with E-state index in [9.17, 15) is 4.79 Å². The number of aromatic nitrogens is 1. The fraction of sp³-hybridized carbons (Fsp3) is 0.353. The van der Waals surface area contributed by atoms with Gasteiger partial charge < -0.3 is 14.4 Å². The van der Waals surface area contributed by atoms with Gasteiger partial charge in [-0.3, -0.25) is 4.79 Å². The molecule has 5 nitrogen and oxygen atoms in total. The molecule has 0 aliphatic carbocycles. The van der Waals surface area contributed by atoms with E-state index in [4.69, 9.17) is 14.5 Å². The summed E-state index contributed by atoms with van der Waals surface area (Å²) in [5.41, 5.74) is 6.07. The smallest absolute Gasteiger partial charge is 0.305 e. The van der Waals surface area contributed by atoms with E-state index in [1.807, 2.05) is 18.3 Å². The zero-order valence-electron chi connectivity index (χ0n) is 24.1. The van der Waals surface area contributed by atoms with Crippen molar-refractivity contribution in [3.63, 3.8) is 0 Å². The molecule has 0 bridgehead atoms. The van der Waals surface area contributed by atoms with E-state index in [1.165, 1.54) is 23.8 Å². The van der Waals surface area contributed by atoms with E-state index >= 15 is 0 Å². The van der Waals surface area contributed by atoms with E-state index in [0.717, 1.165) is 53.0 Å². The van der Waals surface area contributed by atoms with Gasteiger partial charge in [-0.25, -0.2) is 4.98 Å². The van der Waals surface area contributed by atoms with E-state index in [1.54, 1.807) is 7.11 Å². The number of ether oxygens (including phenoxy) is 2. The number of pyridine rings is 1. The van der Waals surface area contributed by atoms with E-state index < -0.39 is 0 Å². The Balaban J connectivity index is 1.60. The number of hydrogen-bond acceptors (Lipinski definition) is 5. The van der Waals surface area contributed by atoms with Crippen molar-refractivity contribution in [1.29, 1.82) is 0 Å². The SMILES string of the molecule is COC(=O)CCc1ccc2c(N(CCC(C)(C)C)Cc3ccc(-c4ccc(OC)c(C)c4)cc3)nccc2c1. The molecule has 0 atom stereocenters. The molecule has 1 heterocycles. The first-order valence-corrected chi connectivity index (χ1v) is 13.6. The number of anilines is 1. The number of hydrogen-bond donors (Lipinski definition) is 0.